The zero-order valence-electron chi connectivity index (χ0n) is 11.5. The van der Waals surface area contributed by atoms with Gasteiger partial charge in [-0.1, -0.05) is 48.3 Å². The highest BCUT2D eigenvalue weighted by atomic mass is 79.9. The summed E-state index contributed by atoms with van der Waals surface area (Å²) < 4.78 is 1.19. The van der Waals surface area contributed by atoms with Crippen molar-refractivity contribution in [3.05, 3.63) is 34.3 Å². The molecule has 1 aromatic rings. The van der Waals surface area contributed by atoms with Crippen LogP contribution in [0.15, 0.2) is 28.7 Å². The average Bonchev–Trinajstić information content (AvgIpc) is 2.75. The molecule has 1 aromatic carbocycles. The molecule has 0 radical (unpaired) electrons. The molecule has 0 bridgehead atoms. The Morgan fingerprint density at radius 2 is 2.22 bits per heavy atom. The molecular formula is C16H24BrN. The molecule has 0 spiro atoms. The summed E-state index contributed by atoms with van der Waals surface area (Å²) in [4.78, 5) is 0. The lowest BCUT2D eigenvalue weighted by atomic mass is 9.91. The number of nitrogens with one attached hydrogen (secondary N) is 1. The van der Waals surface area contributed by atoms with E-state index in [4.69, 9.17) is 0 Å². The van der Waals surface area contributed by atoms with Crippen LogP contribution in [0.1, 0.15) is 38.7 Å². The monoisotopic (exact) mass is 309 g/mol. The number of rotatable bonds is 5. The number of benzene rings is 1. The van der Waals surface area contributed by atoms with Crippen molar-refractivity contribution in [2.45, 2.75) is 45.6 Å². The summed E-state index contributed by atoms with van der Waals surface area (Å²) in [6, 6.07) is 9.38. The topological polar surface area (TPSA) is 12.0 Å². The molecule has 1 aliphatic rings. The average molecular weight is 310 g/mol. The first kappa shape index (κ1) is 14.1. The van der Waals surface area contributed by atoms with Gasteiger partial charge in [0.25, 0.3) is 0 Å². The van der Waals surface area contributed by atoms with Gasteiger partial charge in [0.15, 0.2) is 0 Å². The predicted molar refractivity (Wildman–Crippen MR) is 81.8 cm³/mol. The standard InChI is InChI=1S/C16H24BrN/c1-3-18-16(14-8-7-12(2)9-14)11-13-5-4-6-15(17)10-13/h4-6,10,12,14,16,18H,3,7-9,11H2,1-2H3. The molecule has 2 heteroatoms. The minimum Gasteiger partial charge on any atom is -0.314 e. The van der Waals surface area contributed by atoms with Crippen LogP contribution < -0.4 is 5.32 Å². The van der Waals surface area contributed by atoms with Gasteiger partial charge in [0.1, 0.15) is 0 Å². The van der Waals surface area contributed by atoms with Gasteiger partial charge >= 0.3 is 0 Å². The fraction of sp³-hybridized carbons (Fsp3) is 0.625. The Morgan fingerprint density at radius 1 is 1.39 bits per heavy atom. The molecule has 0 aliphatic heterocycles. The SMILES string of the molecule is CCNC(Cc1cccc(Br)c1)C1CCC(C)C1. The Hall–Kier alpha value is -0.340. The first-order chi connectivity index (χ1) is 8.69. The lowest BCUT2D eigenvalue weighted by Crippen LogP contribution is -2.37. The predicted octanol–water partition coefficient (Wildman–Crippen LogP) is 4.41. The fourth-order valence-corrected chi connectivity index (χ4v) is 3.65. The maximum atomic E-state index is 3.70. The third-order valence-electron chi connectivity index (χ3n) is 4.12. The molecule has 1 nitrogen and oxygen atoms in total. The maximum Gasteiger partial charge on any atom is 0.0178 e. The smallest absolute Gasteiger partial charge is 0.0178 e. The lowest BCUT2D eigenvalue weighted by molar-refractivity contribution is 0.354. The molecule has 2 rings (SSSR count). The van der Waals surface area contributed by atoms with Crippen LogP contribution in [0.3, 0.4) is 0 Å². The quantitative estimate of drug-likeness (QED) is 0.849. The van der Waals surface area contributed by atoms with Crippen LogP contribution in [-0.4, -0.2) is 12.6 Å². The molecule has 1 aliphatic carbocycles. The minimum absolute atomic E-state index is 0.647. The number of hydrogen-bond acceptors (Lipinski definition) is 1. The Labute approximate surface area is 119 Å². The summed E-state index contributed by atoms with van der Waals surface area (Å²) in [6.45, 7) is 5.68. The molecule has 18 heavy (non-hydrogen) atoms. The summed E-state index contributed by atoms with van der Waals surface area (Å²) in [5.74, 6) is 1.78. The van der Waals surface area contributed by atoms with Crippen molar-refractivity contribution in [2.75, 3.05) is 6.54 Å². The molecule has 0 saturated heterocycles. The van der Waals surface area contributed by atoms with Crippen LogP contribution in [0.25, 0.3) is 0 Å². The molecule has 0 aromatic heterocycles. The van der Waals surface area contributed by atoms with E-state index in [-0.39, 0.29) is 0 Å². The van der Waals surface area contributed by atoms with Crippen LogP contribution in [0.4, 0.5) is 0 Å². The zero-order chi connectivity index (χ0) is 13.0. The van der Waals surface area contributed by atoms with Crippen molar-refractivity contribution in [1.82, 2.24) is 5.32 Å². The van der Waals surface area contributed by atoms with Gasteiger partial charge in [-0.25, -0.2) is 0 Å². The molecule has 1 saturated carbocycles. The molecule has 3 atom stereocenters. The van der Waals surface area contributed by atoms with E-state index >= 15 is 0 Å². The summed E-state index contributed by atoms with van der Waals surface area (Å²) in [6.07, 6.45) is 5.36. The molecule has 100 valence electrons. The van der Waals surface area contributed by atoms with Crippen molar-refractivity contribution in [3.8, 4) is 0 Å². The first-order valence-electron chi connectivity index (χ1n) is 7.17. The molecule has 0 amide bonds. The first-order valence-corrected chi connectivity index (χ1v) is 7.96. The van der Waals surface area contributed by atoms with E-state index in [1.807, 2.05) is 0 Å². The second kappa shape index (κ2) is 6.72. The van der Waals surface area contributed by atoms with Gasteiger partial charge in [-0.15, -0.1) is 0 Å². The molecule has 3 unspecified atom stereocenters. The highest BCUT2D eigenvalue weighted by molar-refractivity contribution is 9.10. The van der Waals surface area contributed by atoms with Gasteiger partial charge in [0.2, 0.25) is 0 Å². The summed E-state index contributed by atoms with van der Waals surface area (Å²) in [5, 5.41) is 3.70. The van der Waals surface area contributed by atoms with Crippen LogP contribution in [0, 0.1) is 11.8 Å². The molecule has 1 N–H and O–H groups in total. The highest BCUT2D eigenvalue weighted by Crippen LogP contribution is 2.33. The summed E-state index contributed by atoms with van der Waals surface area (Å²) in [7, 11) is 0. The van der Waals surface area contributed by atoms with E-state index in [0.29, 0.717) is 6.04 Å². The second-order valence-electron chi connectivity index (χ2n) is 5.68. The van der Waals surface area contributed by atoms with E-state index in [2.05, 4.69) is 59.4 Å². The Morgan fingerprint density at radius 3 is 2.83 bits per heavy atom. The Balaban J connectivity index is 2.01. The van der Waals surface area contributed by atoms with E-state index in [0.717, 1.165) is 24.8 Å². The largest absolute Gasteiger partial charge is 0.314 e. The fourth-order valence-electron chi connectivity index (χ4n) is 3.20. The van der Waals surface area contributed by atoms with Crippen molar-refractivity contribution >= 4 is 15.9 Å². The second-order valence-corrected chi connectivity index (χ2v) is 6.59. The summed E-state index contributed by atoms with van der Waals surface area (Å²) >= 11 is 3.56. The van der Waals surface area contributed by atoms with Crippen molar-refractivity contribution in [3.63, 3.8) is 0 Å². The zero-order valence-corrected chi connectivity index (χ0v) is 13.0. The van der Waals surface area contributed by atoms with E-state index in [1.54, 1.807) is 0 Å². The van der Waals surface area contributed by atoms with Crippen molar-refractivity contribution < 1.29 is 0 Å². The minimum atomic E-state index is 0.647. The number of hydrogen-bond donors (Lipinski definition) is 1. The van der Waals surface area contributed by atoms with Crippen LogP contribution in [0.2, 0.25) is 0 Å². The van der Waals surface area contributed by atoms with Gasteiger partial charge in [-0.05, 0) is 55.3 Å². The lowest BCUT2D eigenvalue weighted by Gasteiger charge is -2.24. The van der Waals surface area contributed by atoms with E-state index in [9.17, 15) is 0 Å². The highest BCUT2D eigenvalue weighted by Gasteiger charge is 2.28. The summed E-state index contributed by atoms with van der Waals surface area (Å²) in [5.41, 5.74) is 1.44. The van der Waals surface area contributed by atoms with E-state index in [1.165, 1.54) is 29.3 Å². The number of halogens is 1. The Kier molecular flexibility index (Phi) is 5.25. The molecule has 0 heterocycles. The number of likely N-dealkylation sites (N-methyl/N-ethyl adjacent to an activating group) is 1. The Bertz CT molecular complexity index is 377. The molecule has 1 fully saturated rings. The van der Waals surface area contributed by atoms with E-state index < -0.39 is 0 Å². The van der Waals surface area contributed by atoms with Gasteiger partial charge in [0.05, 0.1) is 0 Å². The van der Waals surface area contributed by atoms with Crippen LogP contribution in [0.5, 0.6) is 0 Å². The van der Waals surface area contributed by atoms with Gasteiger partial charge in [-0.2, -0.15) is 0 Å². The maximum absolute atomic E-state index is 3.70. The molecular weight excluding hydrogens is 286 g/mol. The van der Waals surface area contributed by atoms with Gasteiger partial charge in [-0.3, -0.25) is 0 Å². The van der Waals surface area contributed by atoms with Gasteiger partial charge in [0, 0.05) is 10.5 Å². The van der Waals surface area contributed by atoms with Crippen LogP contribution >= 0.6 is 15.9 Å². The van der Waals surface area contributed by atoms with Gasteiger partial charge < -0.3 is 5.32 Å². The van der Waals surface area contributed by atoms with Crippen molar-refractivity contribution in [2.24, 2.45) is 11.8 Å². The third-order valence-corrected chi connectivity index (χ3v) is 4.61. The van der Waals surface area contributed by atoms with Crippen molar-refractivity contribution in [1.29, 1.82) is 0 Å². The third kappa shape index (κ3) is 3.83. The normalized spacial score (nSPS) is 25.3. The van der Waals surface area contributed by atoms with Crippen LogP contribution in [-0.2, 0) is 6.42 Å².